The lowest BCUT2D eigenvalue weighted by molar-refractivity contribution is 0.388. The van der Waals surface area contributed by atoms with Crippen molar-refractivity contribution in [3.8, 4) is 28.6 Å². The molecule has 0 aliphatic heterocycles. The Bertz CT molecular complexity index is 1130. The van der Waals surface area contributed by atoms with E-state index < -0.39 is 0 Å². The van der Waals surface area contributed by atoms with Crippen molar-refractivity contribution in [3.63, 3.8) is 0 Å². The summed E-state index contributed by atoms with van der Waals surface area (Å²) >= 11 is 1.29. The van der Waals surface area contributed by atoms with Crippen molar-refractivity contribution in [2.24, 2.45) is 0 Å². The number of halogens is 1. The minimum Gasteiger partial charge on any atom is -0.497 e. The lowest BCUT2D eigenvalue weighted by atomic mass is 10.2. The first-order valence-corrected chi connectivity index (χ1v) is 9.38. The highest BCUT2D eigenvalue weighted by atomic mass is 32.2. The SMILES string of the molecule is COc1ccc(-c2noc(CSc3nnnn3-c3cccc(F)c3)n2)c(OC)c1. The zero-order valence-corrected chi connectivity index (χ0v) is 16.3. The van der Waals surface area contributed by atoms with E-state index in [2.05, 4.69) is 25.7 Å². The smallest absolute Gasteiger partial charge is 0.237 e. The Kier molecular flexibility index (Phi) is 5.38. The first-order chi connectivity index (χ1) is 14.2. The Morgan fingerprint density at radius 3 is 2.83 bits per heavy atom. The molecule has 2 aromatic carbocycles. The summed E-state index contributed by atoms with van der Waals surface area (Å²) in [5.74, 6) is 1.97. The fourth-order valence-electron chi connectivity index (χ4n) is 2.57. The number of nitrogens with zero attached hydrogens (tertiary/aromatic N) is 6. The first kappa shape index (κ1) is 18.9. The van der Waals surface area contributed by atoms with Crippen LogP contribution in [0.25, 0.3) is 17.1 Å². The summed E-state index contributed by atoms with van der Waals surface area (Å²) < 4.78 is 30.8. The van der Waals surface area contributed by atoms with E-state index in [0.717, 1.165) is 0 Å². The second kappa shape index (κ2) is 8.27. The second-order valence-corrected chi connectivity index (χ2v) is 6.66. The van der Waals surface area contributed by atoms with Gasteiger partial charge in [0.05, 0.1) is 31.2 Å². The molecule has 4 aromatic rings. The monoisotopic (exact) mass is 414 g/mol. The van der Waals surface area contributed by atoms with Crippen LogP contribution in [0.5, 0.6) is 11.5 Å². The highest BCUT2D eigenvalue weighted by molar-refractivity contribution is 7.98. The molecular formula is C18H15FN6O3S. The van der Waals surface area contributed by atoms with E-state index >= 15 is 0 Å². The van der Waals surface area contributed by atoms with Gasteiger partial charge in [-0.2, -0.15) is 9.67 Å². The molecule has 148 valence electrons. The van der Waals surface area contributed by atoms with Crippen LogP contribution in [-0.2, 0) is 5.75 Å². The average Bonchev–Trinajstić information content (AvgIpc) is 3.41. The van der Waals surface area contributed by atoms with E-state index in [1.54, 1.807) is 44.6 Å². The zero-order chi connectivity index (χ0) is 20.2. The average molecular weight is 414 g/mol. The van der Waals surface area contributed by atoms with Crippen LogP contribution >= 0.6 is 11.8 Å². The number of tetrazole rings is 1. The van der Waals surface area contributed by atoms with Crippen molar-refractivity contribution in [3.05, 3.63) is 54.2 Å². The van der Waals surface area contributed by atoms with Crippen LogP contribution in [-0.4, -0.2) is 44.6 Å². The Hall–Kier alpha value is -3.47. The molecule has 0 fully saturated rings. The zero-order valence-electron chi connectivity index (χ0n) is 15.4. The number of hydrogen-bond donors (Lipinski definition) is 0. The molecule has 2 aromatic heterocycles. The maximum absolute atomic E-state index is 13.5. The van der Waals surface area contributed by atoms with Crippen molar-refractivity contribution >= 4 is 11.8 Å². The van der Waals surface area contributed by atoms with Gasteiger partial charge in [-0.05, 0) is 40.8 Å². The number of thioether (sulfide) groups is 1. The summed E-state index contributed by atoms with van der Waals surface area (Å²) in [4.78, 5) is 4.40. The van der Waals surface area contributed by atoms with Gasteiger partial charge in [0.2, 0.25) is 16.9 Å². The molecule has 0 spiro atoms. The van der Waals surface area contributed by atoms with Crippen molar-refractivity contribution < 1.29 is 18.4 Å². The third-order valence-electron chi connectivity index (χ3n) is 3.94. The molecule has 0 aliphatic carbocycles. The molecule has 0 bridgehead atoms. The summed E-state index contributed by atoms with van der Waals surface area (Å²) in [7, 11) is 3.14. The molecule has 4 rings (SSSR count). The Balaban J connectivity index is 1.51. The normalized spacial score (nSPS) is 10.9. The third-order valence-corrected chi connectivity index (χ3v) is 4.84. The van der Waals surface area contributed by atoms with Crippen molar-refractivity contribution in [2.45, 2.75) is 10.9 Å². The van der Waals surface area contributed by atoms with E-state index in [1.165, 1.54) is 28.6 Å². The van der Waals surface area contributed by atoms with Gasteiger partial charge in [-0.25, -0.2) is 4.39 Å². The molecule has 0 amide bonds. The number of aromatic nitrogens is 6. The number of hydrogen-bond acceptors (Lipinski definition) is 9. The van der Waals surface area contributed by atoms with Gasteiger partial charge >= 0.3 is 0 Å². The van der Waals surface area contributed by atoms with Gasteiger partial charge in [0.15, 0.2) is 0 Å². The standard InChI is InChI=1S/C18H15FN6O3S/c1-26-13-6-7-14(15(9-13)27-2)17-20-16(28-22-17)10-29-18-21-23-24-25(18)12-5-3-4-11(19)8-12/h3-9H,10H2,1-2H3. The van der Waals surface area contributed by atoms with Crippen molar-refractivity contribution in [1.82, 2.24) is 30.3 Å². The fourth-order valence-corrected chi connectivity index (χ4v) is 3.30. The molecule has 0 unspecified atom stereocenters. The van der Waals surface area contributed by atoms with Gasteiger partial charge in [0, 0.05) is 6.07 Å². The van der Waals surface area contributed by atoms with Crippen molar-refractivity contribution in [1.29, 1.82) is 0 Å². The summed E-state index contributed by atoms with van der Waals surface area (Å²) in [6, 6.07) is 11.3. The second-order valence-electron chi connectivity index (χ2n) is 5.72. The number of rotatable bonds is 7. The van der Waals surface area contributed by atoms with Crippen LogP contribution in [0.4, 0.5) is 4.39 Å². The predicted octanol–water partition coefficient (Wildman–Crippen LogP) is 3.16. The molecule has 0 saturated carbocycles. The molecule has 29 heavy (non-hydrogen) atoms. The van der Waals surface area contributed by atoms with E-state index in [1.807, 2.05) is 0 Å². The van der Waals surface area contributed by atoms with Crippen LogP contribution in [0.3, 0.4) is 0 Å². The summed E-state index contributed by atoms with van der Waals surface area (Å²) in [6.45, 7) is 0. The Morgan fingerprint density at radius 2 is 2.03 bits per heavy atom. The highest BCUT2D eigenvalue weighted by Gasteiger charge is 2.16. The van der Waals surface area contributed by atoms with E-state index in [4.69, 9.17) is 14.0 Å². The predicted molar refractivity (Wildman–Crippen MR) is 102 cm³/mol. The molecule has 0 N–H and O–H groups in total. The van der Waals surface area contributed by atoms with E-state index in [9.17, 15) is 4.39 Å². The Morgan fingerprint density at radius 1 is 1.14 bits per heavy atom. The van der Waals surface area contributed by atoms with Crippen LogP contribution in [0.2, 0.25) is 0 Å². The minimum atomic E-state index is -0.371. The van der Waals surface area contributed by atoms with Crippen molar-refractivity contribution in [2.75, 3.05) is 14.2 Å². The largest absolute Gasteiger partial charge is 0.497 e. The number of benzene rings is 2. The Labute approximate surface area is 168 Å². The third kappa shape index (κ3) is 4.04. The summed E-state index contributed by atoms with van der Waals surface area (Å²) in [5.41, 5.74) is 1.20. The summed E-state index contributed by atoms with van der Waals surface area (Å²) in [5, 5.41) is 16.0. The minimum absolute atomic E-state index is 0.334. The molecule has 0 aliphatic rings. The van der Waals surface area contributed by atoms with Gasteiger partial charge in [-0.3, -0.25) is 0 Å². The van der Waals surface area contributed by atoms with Gasteiger partial charge < -0.3 is 14.0 Å². The van der Waals surface area contributed by atoms with Crippen LogP contribution < -0.4 is 9.47 Å². The molecule has 0 atom stereocenters. The van der Waals surface area contributed by atoms with Gasteiger partial charge in [-0.15, -0.1) is 5.10 Å². The van der Waals surface area contributed by atoms with Gasteiger partial charge in [0.1, 0.15) is 17.3 Å². The molecule has 11 heteroatoms. The fraction of sp³-hybridized carbons (Fsp3) is 0.167. The van der Waals surface area contributed by atoms with Crippen LogP contribution in [0, 0.1) is 5.82 Å². The molecule has 2 heterocycles. The maximum atomic E-state index is 13.5. The van der Waals surface area contributed by atoms with Crippen LogP contribution in [0.15, 0.2) is 52.1 Å². The number of ether oxygens (including phenoxy) is 2. The van der Waals surface area contributed by atoms with Crippen LogP contribution in [0.1, 0.15) is 5.89 Å². The molecule has 0 radical (unpaired) electrons. The lowest BCUT2D eigenvalue weighted by Crippen LogP contribution is -1.99. The quantitative estimate of drug-likeness (QED) is 0.422. The highest BCUT2D eigenvalue weighted by Crippen LogP contribution is 2.32. The van der Waals surface area contributed by atoms with E-state index in [0.29, 0.717) is 45.4 Å². The van der Waals surface area contributed by atoms with E-state index in [-0.39, 0.29) is 5.82 Å². The maximum Gasteiger partial charge on any atom is 0.237 e. The molecule has 0 saturated heterocycles. The molecular weight excluding hydrogens is 399 g/mol. The first-order valence-electron chi connectivity index (χ1n) is 8.40. The number of methoxy groups -OCH3 is 2. The molecule has 9 nitrogen and oxygen atoms in total. The topological polar surface area (TPSA) is 101 Å². The van der Waals surface area contributed by atoms with Gasteiger partial charge in [-0.1, -0.05) is 23.0 Å². The van der Waals surface area contributed by atoms with Gasteiger partial charge in [0.25, 0.3) is 0 Å². The summed E-state index contributed by atoms with van der Waals surface area (Å²) in [6.07, 6.45) is 0. The lowest BCUT2D eigenvalue weighted by Gasteiger charge is -2.07.